The van der Waals surface area contributed by atoms with E-state index in [0.717, 1.165) is 18.0 Å². The van der Waals surface area contributed by atoms with E-state index in [2.05, 4.69) is 29.2 Å². The number of nitrogens with zero attached hydrogens (tertiary/aromatic N) is 3. The average molecular weight is 204 g/mol. The number of hydrogen-bond acceptors (Lipinski definition) is 3. The normalized spacial score (nSPS) is 12.9. The second-order valence-corrected chi connectivity index (χ2v) is 3.84. The molecule has 0 saturated carbocycles. The van der Waals surface area contributed by atoms with E-state index in [-0.39, 0.29) is 0 Å². The van der Waals surface area contributed by atoms with Gasteiger partial charge in [0, 0.05) is 18.8 Å². The molecule has 0 aliphatic heterocycles. The van der Waals surface area contributed by atoms with Crippen molar-refractivity contribution in [2.75, 3.05) is 11.9 Å². The molecule has 4 nitrogen and oxygen atoms in total. The summed E-state index contributed by atoms with van der Waals surface area (Å²) in [5.41, 5.74) is 0.879. The van der Waals surface area contributed by atoms with Gasteiger partial charge in [-0.2, -0.15) is 5.10 Å². The maximum atomic E-state index is 4.43. The lowest BCUT2D eigenvalue weighted by atomic mass is 10.1. The Bertz CT molecular complexity index is 435. The van der Waals surface area contributed by atoms with Gasteiger partial charge in [-0.3, -0.25) is 0 Å². The zero-order valence-corrected chi connectivity index (χ0v) is 9.14. The van der Waals surface area contributed by atoms with Crippen molar-refractivity contribution < 1.29 is 0 Å². The van der Waals surface area contributed by atoms with E-state index >= 15 is 0 Å². The quantitative estimate of drug-likeness (QED) is 0.830. The third kappa shape index (κ3) is 2.26. The smallest absolute Gasteiger partial charge is 0.157 e. The maximum Gasteiger partial charge on any atom is 0.157 e. The predicted octanol–water partition coefficient (Wildman–Crippen LogP) is 2.19. The van der Waals surface area contributed by atoms with Crippen LogP contribution in [0.15, 0.2) is 24.5 Å². The van der Waals surface area contributed by atoms with Crippen LogP contribution in [0, 0.1) is 5.92 Å². The molecule has 0 radical (unpaired) electrons. The lowest BCUT2D eigenvalue weighted by Gasteiger charge is -2.10. The van der Waals surface area contributed by atoms with Crippen LogP contribution in [0.3, 0.4) is 0 Å². The van der Waals surface area contributed by atoms with Gasteiger partial charge in [-0.1, -0.05) is 20.3 Å². The summed E-state index contributed by atoms with van der Waals surface area (Å²) in [4.78, 5) is 4.43. The summed E-state index contributed by atoms with van der Waals surface area (Å²) >= 11 is 0. The molecule has 2 heterocycles. The molecule has 0 aliphatic carbocycles. The van der Waals surface area contributed by atoms with Crippen molar-refractivity contribution in [2.45, 2.75) is 20.3 Å². The molecule has 0 saturated heterocycles. The SMILES string of the molecule is CCC(C)CNc1ccn2nccc2n1. The number of rotatable bonds is 4. The van der Waals surface area contributed by atoms with Crippen LogP contribution in [0.2, 0.25) is 0 Å². The molecule has 2 aromatic heterocycles. The summed E-state index contributed by atoms with van der Waals surface area (Å²) in [6.07, 6.45) is 4.85. The first-order valence-corrected chi connectivity index (χ1v) is 5.34. The second-order valence-electron chi connectivity index (χ2n) is 3.84. The van der Waals surface area contributed by atoms with Crippen LogP contribution in [0.25, 0.3) is 5.65 Å². The van der Waals surface area contributed by atoms with Gasteiger partial charge < -0.3 is 5.32 Å². The van der Waals surface area contributed by atoms with Crippen LogP contribution >= 0.6 is 0 Å². The minimum atomic E-state index is 0.674. The standard InChI is InChI=1S/C11H16N4/c1-3-9(2)8-12-10-5-7-15-11(14-10)4-6-13-15/h4-7,9H,3,8H2,1-2H3,(H,12,14). The summed E-state index contributed by atoms with van der Waals surface area (Å²) in [6, 6.07) is 3.84. The highest BCUT2D eigenvalue weighted by molar-refractivity contribution is 5.45. The van der Waals surface area contributed by atoms with Gasteiger partial charge in [0.25, 0.3) is 0 Å². The lowest BCUT2D eigenvalue weighted by molar-refractivity contribution is 0.592. The first-order chi connectivity index (χ1) is 7.29. The van der Waals surface area contributed by atoms with Crippen LogP contribution in [0.4, 0.5) is 5.82 Å². The van der Waals surface area contributed by atoms with Gasteiger partial charge in [-0.05, 0) is 12.0 Å². The van der Waals surface area contributed by atoms with E-state index in [1.165, 1.54) is 6.42 Å². The van der Waals surface area contributed by atoms with Gasteiger partial charge in [0.1, 0.15) is 5.82 Å². The molecule has 0 aliphatic rings. The summed E-state index contributed by atoms with van der Waals surface area (Å²) in [5.74, 6) is 1.59. The Hall–Kier alpha value is -1.58. The fourth-order valence-corrected chi connectivity index (χ4v) is 1.33. The van der Waals surface area contributed by atoms with E-state index in [1.54, 1.807) is 10.7 Å². The molecule has 1 atom stereocenters. The number of aromatic nitrogens is 3. The molecule has 15 heavy (non-hydrogen) atoms. The number of nitrogens with one attached hydrogen (secondary N) is 1. The Balaban J connectivity index is 2.08. The number of fused-ring (bicyclic) bond motifs is 1. The highest BCUT2D eigenvalue weighted by Crippen LogP contribution is 2.07. The predicted molar refractivity (Wildman–Crippen MR) is 60.9 cm³/mol. The summed E-state index contributed by atoms with van der Waals surface area (Å²) < 4.78 is 1.76. The van der Waals surface area contributed by atoms with Crippen LogP contribution in [0.5, 0.6) is 0 Å². The molecule has 0 bridgehead atoms. The van der Waals surface area contributed by atoms with Gasteiger partial charge in [0.15, 0.2) is 5.65 Å². The monoisotopic (exact) mass is 204 g/mol. The lowest BCUT2D eigenvalue weighted by Crippen LogP contribution is -2.11. The van der Waals surface area contributed by atoms with Crippen LogP contribution in [-0.4, -0.2) is 21.1 Å². The van der Waals surface area contributed by atoms with Gasteiger partial charge in [0.05, 0.1) is 6.20 Å². The van der Waals surface area contributed by atoms with E-state index in [0.29, 0.717) is 5.92 Å². The molecule has 2 rings (SSSR count). The van der Waals surface area contributed by atoms with Crippen LogP contribution < -0.4 is 5.32 Å². The first-order valence-electron chi connectivity index (χ1n) is 5.34. The molecule has 1 unspecified atom stereocenters. The molecule has 1 N–H and O–H groups in total. The largest absolute Gasteiger partial charge is 0.370 e. The molecular weight excluding hydrogens is 188 g/mol. The van der Waals surface area contributed by atoms with Gasteiger partial charge >= 0.3 is 0 Å². The molecule has 0 spiro atoms. The molecule has 2 aromatic rings. The molecule has 0 aromatic carbocycles. The minimum absolute atomic E-state index is 0.674. The fraction of sp³-hybridized carbons (Fsp3) is 0.455. The fourth-order valence-electron chi connectivity index (χ4n) is 1.33. The van der Waals surface area contributed by atoms with E-state index in [4.69, 9.17) is 0 Å². The Morgan fingerprint density at radius 2 is 2.33 bits per heavy atom. The molecule has 0 fully saturated rings. The molecule has 4 heteroatoms. The van der Waals surface area contributed by atoms with E-state index < -0.39 is 0 Å². The zero-order valence-electron chi connectivity index (χ0n) is 9.14. The minimum Gasteiger partial charge on any atom is -0.370 e. The highest BCUT2D eigenvalue weighted by Gasteiger charge is 2.00. The van der Waals surface area contributed by atoms with Crippen molar-refractivity contribution in [3.8, 4) is 0 Å². The first kappa shape index (κ1) is 9.96. The second kappa shape index (κ2) is 4.29. The van der Waals surface area contributed by atoms with E-state index in [1.807, 2.05) is 18.3 Å². The zero-order chi connectivity index (χ0) is 10.7. The van der Waals surface area contributed by atoms with Crippen LogP contribution in [-0.2, 0) is 0 Å². The van der Waals surface area contributed by atoms with Crippen LogP contribution in [0.1, 0.15) is 20.3 Å². The average Bonchev–Trinajstić information content (AvgIpc) is 2.72. The summed E-state index contributed by atoms with van der Waals surface area (Å²) in [5, 5.41) is 7.42. The van der Waals surface area contributed by atoms with Crippen molar-refractivity contribution in [2.24, 2.45) is 5.92 Å². The highest BCUT2D eigenvalue weighted by atomic mass is 15.2. The van der Waals surface area contributed by atoms with Crippen molar-refractivity contribution in [3.63, 3.8) is 0 Å². The Morgan fingerprint density at radius 1 is 1.47 bits per heavy atom. The van der Waals surface area contributed by atoms with Crippen molar-refractivity contribution in [3.05, 3.63) is 24.5 Å². The molecule has 0 amide bonds. The van der Waals surface area contributed by atoms with Crippen molar-refractivity contribution >= 4 is 11.5 Å². The summed E-state index contributed by atoms with van der Waals surface area (Å²) in [6.45, 7) is 5.39. The molecule has 80 valence electrons. The van der Waals surface area contributed by atoms with Gasteiger partial charge in [-0.15, -0.1) is 0 Å². The third-order valence-corrected chi connectivity index (χ3v) is 2.59. The van der Waals surface area contributed by atoms with E-state index in [9.17, 15) is 0 Å². The van der Waals surface area contributed by atoms with Gasteiger partial charge in [-0.25, -0.2) is 9.50 Å². The summed E-state index contributed by atoms with van der Waals surface area (Å²) in [7, 11) is 0. The number of anilines is 1. The number of hydrogen-bond donors (Lipinski definition) is 1. The van der Waals surface area contributed by atoms with Gasteiger partial charge in [0.2, 0.25) is 0 Å². The van der Waals surface area contributed by atoms with Crippen molar-refractivity contribution in [1.29, 1.82) is 0 Å². The third-order valence-electron chi connectivity index (χ3n) is 2.59. The topological polar surface area (TPSA) is 42.2 Å². The maximum absolute atomic E-state index is 4.43. The molecular formula is C11H16N4. The Labute approximate surface area is 89.3 Å². The Kier molecular flexibility index (Phi) is 2.85. The van der Waals surface area contributed by atoms with Crippen molar-refractivity contribution in [1.82, 2.24) is 14.6 Å². The Morgan fingerprint density at radius 3 is 3.13 bits per heavy atom.